The van der Waals surface area contributed by atoms with Gasteiger partial charge in [-0.2, -0.15) is 5.10 Å². The van der Waals surface area contributed by atoms with Gasteiger partial charge in [0.15, 0.2) is 0 Å². The summed E-state index contributed by atoms with van der Waals surface area (Å²) in [5, 5.41) is 4.14. The summed E-state index contributed by atoms with van der Waals surface area (Å²) >= 11 is 0. The molecule has 0 saturated heterocycles. The first kappa shape index (κ1) is 14.3. The topological polar surface area (TPSA) is 53.4 Å². The van der Waals surface area contributed by atoms with E-state index < -0.39 is 0 Å². The van der Waals surface area contributed by atoms with E-state index in [0.717, 1.165) is 31.6 Å². The van der Waals surface area contributed by atoms with Gasteiger partial charge in [-0.15, -0.1) is 0 Å². The Labute approximate surface area is 135 Å². The molecule has 2 heterocycles. The van der Waals surface area contributed by atoms with E-state index in [1.54, 1.807) is 6.20 Å². The van der Waals surface area contributed by atoms with Crippen LogP contribution in [-0.4, -0.2) is 29.0 Å². The zero-order valence-corrected chi connectivity index (χ0v) is 13.0. The van der Waals surface area contributed by atoms with Crippen molar-refractivity contribution in [2.75, 3.05) is 13.2 Å². The monoisotopic (exact) mass is 312 g/mol. The van der Waals surface area contributed by atoms with Crippen molar-refractivity contribution in [1.82, 2.24) is 9.78 Å². The first-order chi connectivity index (χ1) is 11.3. The van der Waals surface area contributed by atoms with E-state index in [1.165, 1.54) is 5.56 Å². The van der Waals surface area contributed by atoms with E-state index in [2.05, 4.69) is 11.2 Å². The number of hydrogen-bond donors (Lipinski definition) is 0. The highest BCUT2D eigenvalue weighted by Crippen LogP contribution is 2.60. The average Bonchev–Trinajstić information content (AvgIpc) is 3.05. The molecule has 23 heavy (non-hydrogen) atoms. The summed E-state index contributed by atoms with van der Waals surface area (Å²) in [5.41, 5.74) is 1.12. The molecular weight excluding hydrogens is 292 g/mol. The summed E-state index contributed by atoms with van der Waals surface area (Å²) in [6.45, 7) is 1.90. The number of fused-ring (bicyclic) bond motifs is 2. The summed E-state index contributed by atoms with van der Waals surface area (Å²) in [4.78, 5) is 12.4. The molecule has 1 aromatic heterocycles. The Morgan fingerprint density at radius 3 is 3.17 bits per heavy atom. The molecule has 1 aliphatic carbocycles. The van der Waals surface area contributed by atoms with Crippen LogP contribution in [0.2, 0.25) is 0 Å². The fourth-order valence-corrected chi connectivity index (χ4v) is 3.60. The lowest BCUT2D eigenvalue weighted by Crippen LogP contribution is -2.25. The maximum absolute atomic E-state index is 12.4. The normalized spacial score (nSPS) is 24.8. The van der Waals surface area contributed by atoms with Gasteiger partial charge in [0.1, 0.15) is 5.75 Å². The molecule has 2 aromatic rings. The molecule has 1 fully saturated rings. The predicted octanol–water partition coefficient (Wildman–Crippen LogP) is 2.56. The molecule has 0 amide bonds. The molecule has 1 saturated carbocycles. The molecule has 120 valence electrons. The molecule has 2 atom stereocenters. The summed E-state index contributed by atoms with van der Waals surface area (Å²) in [5.74, 6) is 0.840. The second-order valence-corrected chi connectivity index (χ2v) is 6.30. The highest BCUT2D eigenvalue weighted by Gasteiger charge is 2.61. The minimum Gasteiger partial charge on any atom is -0.493 e. The fraction of sp³-hybridized carbons (Fsp3) is 0.444. The number of rotatable bonds is 5. The lowest BCUT2D eigenvalue weighted by molar-refractivity contribution is -0.146. The van der Waals surface area contributed by atoms with Gasteiger partial charge in [-0.25, -0.2) is 0 Å². The van der Waals surface area contributed by atoms with Crippen molar-refractivity contribution < 1.29 is 14.3 Å². The Hall–Kier alpha value is -2.30. The molecule has 5 nitrogen and oxygen atoms in total. The van der Waals surface area contributed by atoms with Crippen molar-refractivity contribution in [1.29, 1.82) is 0 Å². The Kier molecular flexibility index (Phi) is 3.56. The standard InChI is InChI=1S/C18H20N2O3/c21-17(23-11-4-10-20-9-3-8-19-20)15-13-18(15)7-12-22-16-6-2-1-5-14(16)18/h1-3,5-6,8-9,15H,4,7,10-13H2/t15-,18-/m0/s1. The van der Waals surface area contributed by atoms with Crippen LogP contribution >= 0.6 is 0 Å². The Bertz CT molecular complexity index is 698. The molecule has 0 bridgehead atoms. The number of benzene rings is 1. The number of para-hydroxylation sites is 1. The largest absolute Gasteiger partial charge is 0.493 e. The molecule has 1 aliphatic heterocycles. The molecule has 1 spiro atoms. The van der Waals surface area contributed by atoms with E-state index in [1.807, 2.05) is 35.1 Å². The van der Waals surface area contributed by atoms with Crippen LogP contribution in [0, 0.1) is 5.92 Å². The van der Waals surface area contributed by atoms with Gasteiger partial charge in [0, 0.05) is 36.3 Å². The van der Waals surface area contributed by atoms with E-state index in [4.69, 9.17) is 9.47 Å². The first-order valence-electron chi connectivity index (χ1n) is 8.16. The van der Waals surface area contributed by atoms with Crippen molar-refractivity contribution in [2.24, 2.45) is 5.92 Å². The molecule has 0 radical (unpaired) electrons. The van der Waals surface area contributed by atoms with Gasteiger partial charge < -0.3 is 9.47 Å². The molecule has 5 heteroatoms. The summed E-state index contributed by atoms with van der Waals surface area (Å²) in [7, 11) is 0. The Morgan fingerprint density at radius 1 is 1.39 bits per heavy atom. The van der Waals surface area contributed by atoms with Crippen molar-refractivity contribution in [3.63, 3.8) is 0 Å². The highest BCUT2D eigenvalue weighted by atomic mass is 16.5. The van der Waals surface area contributed by atoms with Gasteiger partial charge in [-0.1, -0.05) is 18.2 Å². The van der Waals surface area contributed by atoms with E-state index in [0.29, 0.717) is 13.2 Å². The number of esters is 1. The van der Waals surface area contributed by atoms with Crippen molar-refractivity contribution in [2.45, 2.75) is 31.2 Å². The average molecular weight is 312 g/mol. The van der Waals surface area contributed by atoms with Crippen LogP contribution in [0.1, 0.15) is 24.8 Å². The SMILES string of the molecule is O=C(OCCCn1cccn1)[C@@H]1C[C@]12CCOc1ccccc12. The molecule has 0 N–H and O–H groups in total. The number of carbonyl (C=O) groups excluding carboxylic acids is 1. The second-order valence-electron chi connectivity index (χ2n) is 6.30. The molecular formula is C18H20N2O3. The van der Waals surface area contributed by atoms with Crippen LogP contribution in [0.3, 0.4) is 0 Å². The highest BCUT2D eigenvalue weighted by molar-refractivity contribution is 5.80. The molecule has 0 unspecified atom stereocenters. The number of nitrogens with zero attached hydrogens (tertiary/aromatic N) is 2. The number of aryl methyl sites for hydroxylation is 1. The van der Waals surface area contributed by atoms with Gasteiger partial charge in [-0.3, -0.25) is 9.48 Å². The minimum atomic E-state index is -0.0674. The molecule has 1 aromatic carbocycles. The van der Waals surface area contributed by atoms with Gasteiger partial charge in [-0.05, 0) is 25.0 Å². The number of hydrogen-bond acceptors (Lipinski definition) is 4. The number of aromatic nitrogens is 2. The van der Waals surface area contributed by atoms with Crippen LogP contribution in [0.15, 0.2) is 42.7 Å². The maximum Gasteiger partial charge on any atom is 0.309 e. The van der Waals surface area contributed by atoms with Crippen molar-refractivity contribution in [3.05, 3.63) is 48.3 Å². The third-order valence-corrected chi connectivity index (χ3v) is 4.92. The van der Waals surface area contributed by atoms with Gasteiger partial charge in [0.25, 0.3) is 0 Å². The van der Waals surface area contributed by atoms with Crippen molar-refractivity contribution >= 4 is 5.97 Å². The fourth-order valence-electron chi connectivity index (χ4n) is 3.60. The minimum absolute atomic E-state index is 0.0164. The number of ether oxygens (including phenoxy) is 2. The van der Waals surface area contributed by atoms with Crippen LogP contribution in [0.4, 0.5) is 0 Å². The van der Waals surface area contributed by atoms with Crippen molar-refractivity contribution in [3.8, 4) is 5.75 Å². The van der Waals surface area contributed by atoms with Crippen LogP contribution in [-0.2, 0) is 21.5 Å². The van der Waals surface area contributed by atoms with Crippen LogP contribution in [0.25, 0.3) is 0 Å². The van der Waals surface area contributed by atoms with E-state index >= 15 is 0 Å². The summed E-state index contributed by atoms with van der Waals surface area (Å²) in [6.07, 6.45) is 6.23. The third-order valence-electron chi connectivity index (χ3n) is 4.92. The first-order valence-corrected chi connectivity index (χ1v) is 8.16. The van der Waals surface area contributed by atoms with Crippen LogP contribution in [0.5, 0.6) is 5.75 Å². The molecule has 4 rings (SSSR count). The lowest BCUT2D eigenvalue weighted by Gasteiger charge is -2.26. The van der Waals surface area contributed by atoms with Crippen LogP contribution < -0.4 is 4.74 Å². The van der Waals surface area contributed by atoms with E-state index in [9.17, 15) is 4.79 Å². The van der Waals surface area contributed by atoms with Gasteiger partial charge in [0.2, 0.25) is 0 Å². The second kappa shape index (κ2) is 5.72. The smallest absolute Gasteiger partial charge is 0.309 e. The predicted molar refractivity (Wildman–Crippen MR) is 84.1 cm³/mol. The third kappa shape index (κ3) is 2.60. The van der Waals surface area contributed by atoms with Gasteiger partial charge >= 0.3 is 5.97 Å². The summed E-state index contributed by atoms with van der Waals surface area (Å²) < 4.78 is 13.0. The summed E-state index contributed by atoms with van der Waals surface area (Å²) in [6, 6.07) is 9.95. The molecule has 2 aliphatic rings. The van der Waals surface area contributed by atoms with E-state index in [-0.39, 0.29) is 17.3 Å². The Balaban J connectivity index is 1.33. The lowest BCUT2D eigenvalue weighted by atomic mass is 9.87. The number of carbonyl (C=O) groups is 1. The van der Waals surface area contributed by atoms with Gasteiger partial charge in [0.05, 0.1) is 19.1 Å². The zero-order valence-electron chi connectivity index (χ0n) is 13.0. The Morgan fingerprint density at radius 2 is 2.30 bits per heavy atom. The quantitative estimate of drug-likeness (QED) is 0.629. The maximum atomic E-state index is 12.4. The zero-order chi connectivity index (χ0) is 15.7.